The Morgan fingerprint density at radius 1 is 1.35 bits per heavy atom. The van der Waals surface area contributed by atoms with E-state index in [-0.39, 0.29) is 5.75 Å². The molecular formula is C12H15BrF2O2. The van der Waals surface area contributed by atoms with Gasteiger partial charge in [0, 0.05) is 5.33 Å². The van der Waals surface area contributed by atoms with Crippen LogP contribution in [0.2, 0.25) is 0 Å². The molecule has 0 amide bonds. The first-order valence-electron chi connectivity index (χ1n) is 5.44. The first kappa shape index (κ1) is 14.2. The van der Waals surface area contributed by atoms with Crippen molar-refractivity contribution in [1.29, 1.82) is 0 Å². The van der Waals surface area contributed by atoms with E-state index in [1.165, 1.54) is 6.07 Å². The molecule has 0 bridgehead atoms. The van der Waals surface area contributed by atoms with Crippen LogP contribution < -0.4 is 9.47 Å². The van der Waals surface area contributed by atoms with Gasteiger partial charge in [0.1, 0.15) is 11.5 Å². The summed E-state index contributed by atoms with van der Waals surface area (Å²) in [7, 11) is 0. The van der Waals surface area contributed by atoms with Crippen molar-refractivity contribution in [2.75, 3.05) is 11.9 Å². The molecule has 0 unspecified atom stereocenters. The maximum atomic E-state index is 12.2. The second-order valence-corrected chi connectivity index (χ2v) is 4.17. The zero-order chi connectivity index (χ0) is 12.7. The lowest BCUT2D eigenvalue weighted by Crippen LogP contribution is -2.05. The number of halogens is 3. The Bertz CT molecular complexity index is 345. The number of alkyl halides is 3. The zero-order valence-electron chi connectivity index (χ0n) is 9.59. The van der Waals surface area contributed by atoms with Gasteiger partial charge < -0.3 is 9.47 Å². The first-order chi connectivity index (χ1) is 8.17. The van der Waals surface area contributed by atoms with Crippen molar-refractivity contribution in [1.82, 2.24) is 0 Å². The number of rotatable bonds is 7. The molecule has 0 atom stereocenters. The van der Waals surface area contributed by atoms with Crippen LogP contribution in [0.15, 0.2) is 18.2 Å². The maximum absolute atomic E-state index is 12.2. The van der Waals surface area contributed by atoms with Crippen LogP contribution in [-0.2, 0) is 6.42 Å². The Hall–Kier alpha value is -0.840. The minimum absolute atomic E-state index is 0.226. The smallest absolute Gasteiger partial charge is 0.387 e. The van der Waals surface area contributed by atoms with Gasteiger partial charge in [0.15, 0.2) is 0 Å². The molecule has 0 N–H and O–H groups in total. The van der Waals surface area contributed by atoms with E-state index in [0.717, 1.165) is 17.3 Å². The van der Waals surface area contributed by atoms with Gasteiger partial charge in [-0.2, -0.15) is 8.78 Å². The lowest BCUT2D eigenvalue weighted by Gasteiger charge is -2.12. The highest BCUT2D eigenvalue weighted by Gasteiger charge is 2.10. The normalized spacial score (nSPS) is 10.6. The number of aryl methyl sites for hydroxylation is 1. The lowest BCUT2D eigenvalue weighted by molar-refractivity contribution is -0.0504. The van der Waals surface area contributed by atoms with Gasteiger partial charge in [-0.25, -0.2) is 0 Å². The fourth-order valence-electron chi connectivity index (χ4n) is 1.48. The SMILES string of the molecule is CCOc1ccc(OC(F)F)c(CCCBr)c1. The van der Waals surface area contributed by atoms with Crippen LogP contribution >= 0.6 is 15.9 Å². The van der Waals surface area contributed by atoms with Gasteiger partial charge in [0.2, 0.25) is 0 Å². The number of ether oxygens (including phenoxy) is 2. The van der Waals surface area contributed by atoms with Gasteiger partial charge in [-0.15, -0.1) is 0 Å². The fraction of sp³-hybridized carbons (Fsp3) is 0.500. The third-order valence-electron chi connectivity index (χ3n) is 2.14. The van der Waals surface area contributed by atoms with Crippen molar-refractivity contribution in [2.45, 2.75) is 26.4 Å². The molecule has 0 saturated heterocycles. The molecule has 0 saturated carbocycles. The largest absolute Gasteiger partial charge is 0.494 e. The topological polar surface area (TPSA) is 18.5 Å². The van der Waals surface area contributed by atoms with Gasteiger partial charge >= 0.3 is 6.61 Å². The summed E-state index contributed by atoms with van der Waals surface area (Å²) in [6.07, 6.45) is 1.53. The molecule has 0 aromatic heterocycles. The second kappa shape index (κ2) is 7.48. The third kappa shape index (κ3) is 4.89. The van der Waals surface area contributed by atoms with E-state index in [1.54, 1.807) is 12.1 Å². The van der Waals surface area contributed by atoms with E-state index in [9.17, 15) is 8.78 Å². The standard InChI is InChI=1S/C12H15BrF2O2/c1-2-16-10-5-6-11(17-12(14)15)9(8-10)4-3-7-13/h5-6,8,12H,2-4,7H2,1H3. The minimum atomic E-state index is -2.80. The summed E-state index contributed by atoms with van der Waals surface area (Å²) in [5.41, 5.74) is 0.746. The molecule has 1 aromatic carbocycles. The quantitative estimate of drug-likeness (QED) is 0.708. The summed E-state index contributed by atoms with van der Waals surface area (Å²) >= 11 is 3.31. The van der Waals surface area contributed by atoms with Crippen LogP contribution in [0.5, 0.6) is 11.5 Å². The Morgan fingerprint density at radius 3 is 2.71 bits per heavy atom. The monoisotopic (exact) mass is 308 g/mol. The second-order valence-electron chi connectivity index (χ2n) is 3.37. The van der Waals surface area contributed by atoms with Crippen LogP contribution in [0, 0.1) is 0 Å². The van der Waals surface area contributed by atoms with Crippen LogP contribution in [0.1, 0.15) is 18.9 Å². The van der Waals surface area contributed by atoms with Crippen molar-refractivity contribution >= 4 is 15.9 Å². The summed E-state index contributed by atoms with van der Waals surface area (Å²) in [6, 6.07) is 4.92. The fourth-order valence-corrected chi connectivity index (χ4v) is 1.76. The summed E-state index contributed by atoms with van der Waals surface area (Å²) in [5.74, 6) is 0.906. The van der Waals surface area contributed by atoms with Gasteiger partial charge in [0.25, 0.3) is 0 Å². The Morgan fingerprint density at radius 2 is 2.12 bits per heavy atom. The predicted molar refractivity (Wildman–Crippen MR) is 66.4 cm³/mol. The minimum Gasteiger partial charge on any atom is -0.494 e. The molecule has 0 spiro atoms. The van der Waals surface area contributed by atoms with E-state index in [4.69, 9.17) is 4.74 Å². The number of hydrogen-bond donors (Lipinski definition) is 0. The number of benzene rings is 1. The predicted octanol–water partition coefficient (Wildman–Crippen LogP) is 4.01. The molecule has 0 aliphatic rings. The molecule has 0 fully saturated rings. The molecule has 0 aliphatic carbocycles. The highest BCUT2D eigenvalue weighted by atomic mass is 79.9. The summed E-state index contributed by atoms with van der Waals surface area (Å²) < 4.78 is 34.2. The van der Waals surface area contributed by atoms with E-state index in [0.29, 0.717) is 18.8 Å². The molecule has 1 aromatic rings. The Balaban J connectivity index is 2.86. The lowest BCUT2D eigenvalue weighted by atomic mass is 10.1. The highest BCUT2D eigenvalue weighted by Crippen LogP contribution is 2.27. The van der Waals surface area contributed by atoms with E-state index < -0.39 is 6.61 Å². The molecule has 17 heavy (non-hydrogen) atoms. The van der Waals surface area contributed by atoms with E-state index in [2.05, 4.69) is 20.7 Å². The maximum Gasteiger partial charge on any atom is 0.387 e. The van der Waals surface area contributed by atoms with Gasteiger partial charge in [-0.1, -0.05) is 15.9 Å². The van der Waals surface area contributed by atoms with Crippen molar-refractivity contribution in [2.24, 2.45) is 0 Å². The average molecular weight is 309 g/mol. The molecular weight excluding hydrogens is 294 g/mol. The molecule has 1 rings (SSSR count). The van der Waals surface area contributed by atoms with Crippen LogP contribution in [-0.4, -0.2) is 18.5 Å². The van der Waals surface area contributed by atoms with Gasteiger partial charge in [0.05, 0.1) is 6.61 Å². The summed E-state index contributed by atoms with van der Waals surface area (Å²) in [5, 5.41) is 0.819. The van der Waals surface area contributed by atoms with Crippen molar-refractivity contribution in [3.8, 4) is 11.5 Å². The van der Waals surface area contributed by atoms with E-state index in [1.807, 2.05) is 6.92 Å². The third-order valence-corrected chi connectivity index (χ3v) is 2.70. The first-order valence-corrected chi connectivity index (χ1v) is 6.56. The van der Waals surface area contributed by atoms with Crippen molar-refractivity contribution in [3.63, 3.8) is 0 Å². The van der Waals surface area contributed by atoms with Gasteiger partial charge in [-0.3, -0.25) is 0 Å². The molecule has 2 nitrogen and oxygen atoms in total. The highest BCUT2D eigenvalue weighted by molar-refractivity contribution is 9.09. The van der Waals surface area contributed by atoms with Crippen LogP contribution in [0.3, 0.4) is 0 Å². The van der Waals surface area contributed by atoms with Crippen molar-refractivity contribution < 1.29 is 18.3 Å². The number of hydrogen-bond acceptors (Lipinski definition) is 2. The molecule has 0 aliphatic heterocycles. The van der Waals surface area contributed by atoms with Gasteiger partial charge in [-0.05, 0) is 43.5 Å². The van der Waals surface area contributed by atoms with E-state index >= 15 is 0 Å². The Kier molecular flexibility index (Phi) is 6.26. The average Bonchev–Trinajstić information content (AvgIpc) is 2.29. The van der Waals surface area contributed by atoms with Crippen LogP contribution in [0.25, 0.3) is 0 Å². The van der Waals surface area contributed by atoms with Crippen LogP contribution in [0.4, 0.5) is 8.78 Å². The molecule has 0 heterocycles. The Labute approximate surface area is 108 Å². The molecule has 5 heteroatoms. The molecule has 96 valence electrons. The summed E-state index contributed by atoms with van der Waals surface area (Å²) in [6.45, 7) is -0.370. The molecule has 0 radical (unpaired) electrons. The summed E-state index contributed by atoms with van der Waals surface area (Å²) in [4.78, 5) is 0. The zero-order valence-corrected chi connectivity index (χ0v) is 11.2. The van der Waals surface area contributed by atoms with Crippen molar-refractivity contribution in [3.05, 3.63) is 23.8 Å².